The van der Waals surface area contributed by atoms with Crippen molar-refractivity contribution in [2.75, 3.05) is 14.1 Å². The Morgan fingerprint density at radius 2 is 2.33 bits per heavy atom. The molecule has 1 aromatic rings. The molecule has 1 atom stereocenters. The lowest BCUT2D eigenvalue weighted by atomic mass is 10.1. The molecule has 0 aromatic carbocycles. The largest absolute Gasteiger partial charge is 0.367 e. The van der Waals surface area contributed by atoms with Crippen molar-refractivity contribution in [2.45, 2.75) is 6.04 Å². The molecule has 0 saturated carbocycles. The highest BCUT2D eigenvalue weighted by Crippen LogP contribution is 2.10. The standard InChI is InChI=1S/C8H13N3O/c1-11(2)8(12)7(9)6-3-4-10-5-6/h3-5,7,10H,9H2,1-2H3. The van der Waals surface area contributed by atoms with Crippen molar-refractivity contribution in [3.63, 3.8) is 0 Å². The SMILES string of the molecule is CN(C)C(=O)C(N)c1cc[nH]c1. The van der Waals surface area contributed by atoms with Gasteiger partial charge in [-0.25, -0.2) is 0 Å². The predicted octanol–water partition coefficient (Wildman–Crippen LogP) is 0.103. The van der Waals surface area contributed by atoms with Crippen molar-refractivity contribution in [1.82, 2.24) is 9.88 Å². The van der Waals surface area contributed by atoms with E-state index in [9.17, 15) is 4.79 Å². The molecule has 3 N–H and O–H groups in total. The van der Waals surface area contributed by atoms with Crippen LogP contribution in [0.2, 0.25) is 0 Å². The van der Waals surface area contributed by atoms with Gasteiger partial charge in [0, 0.05) is 26.5 Å². The van der Waals surface area contributed by atoms with Crippen LogP contribution >= 0.6 is 0 Å². The van der Waals surface area contributed by atoms with Crippen molar-refractivity contribution in [3.8, 4) is 0 Å². The van der Waals surface area contributed by atoms with Gasteiger partial charge < -0.3 is 15.6 Å². The lowest BCUT2D eigenvalue weighted by Crippen LogP contribution is -2.32. The van der Waals surface area contributed by atoms with Gasteiger partial charge in [0.15, 0.2) is 0 Å². The number of carbonyl (C=O) groups excluding carboxylic acids is 1. The second-order valence-corrected chi connectivity index (χ2v) is 2.85. The summed E-state index contributed by atoms with van der Waals surface area (Å²) in [5.74, 6) is -0.0883. The summed E-state index contributed by atoms with van der Waals surface area (Å²) in [6.07, 6.45) is 3.48. The van der Waals surface area contributed by atoms with Crippen LogP contribution in [0.1, 0.15) is 11.6 Å². The molecule has 66 valence electrons. The topological polar surface area (TPSA) is 62.1 Å². The van der Waals surface area contributed by atoms with Gasteiger partial charge >= 0.3 is 0 Å². The number of amides is 1. The van der Waals surface area contributed by atoms with E-state index in [0.29, 0.717) is 0 Å². The Morgan fingerprint density at radius 3 is 2.75 bits per heavy atom. The van der Waals surface area contributed by atoms with Crippen molar-refractivity contribution in [3.05, 3.63) is 24.0 Å². The Hall–Kier alpha value is -1.29. The molecule has 0 bridgehead atoms. The number of hydrogen-bond acceptors (Lipinski definition) is 2. The summed E-state index contributed by atoms with van der Waals surface area (Å²) in [5, 5.41) is 0. The first kappa shape index (κ1) is 8.80. The van der Waals surface area contributed by atoms with Crippen molar-refractivity contribution in [2.24, 2.45) is 5.73 Å². The van der Waals surface area contributed by atoms with Gasteiger partial charge in [-0.05, 0) is 11.6 Å². The van der Waals surface area contributed by atoms with Crippen LogP contribution in [0, 0.1) is 0 Å². The average molecular weight is 167 g/mol. The second-order valence-electron chi connectivity index (χ2n) is 2.85. The first-order valence-corrected chi connectivity index (χ1v) is 3.72. The lowest BCUT2D eigenvalue weighted by Gasteiger charge is -2.15. The molecule has 1 unspecified atom stereocenters. The molecule has 0 radical (unpaired) electrons. The third-order valence-corrected chi connectivity index (χ3v) is 1.69. The van der Waals surface area contributed by atoms with Gasteiger partial charge in [0.2, 0.25) is 5.91 Å². The molecule has 0 saturated heterocycles. The van der Waals surface area contributed by atoms with Crippen molar-refractivity contribution >= 4 is 5.91 Å². The molecule has 1 heterocycles. The van der Waals surface area contributed by atoms with Crippen LogP contribution in [-0.4, -0.2) is 29.9 Å². The zero-order chi connectivity index (χ0) is 9.14. The fourth-order valence-corrected chi connectivity index (χ4v) is 0.951. The fourth-order valence-electron chi connectivity index (χ4n) is 0.951. The molecule has 12 heavy (non-hydrogen) atoms. The van der Waals surface area contributed by atoms with Gasteiger partial charge in [-0.1, -0.05) is 0 Å². The van der Waals surface area contributed by atoms with Gasteiger partial charge in [0.1, 0.15) is 6.04 Å². The molecular formula is C8H13N3O. The highest BCUT2D eigenvalue weighted by atomic mass is 16.2. The third kappa shape index (κ3) is 1.65. The third-order valence-electron chi connectivity index (χ3n) is 1.69. The summed E-state index contributed by atoms with van der Waals surface area (Å²) in [6.45, 7) is 0. The zero-order valence-corrected chi connectivity index (χ0v) is 7.24. The monoisotopic (exact) mass is 167 g/mol. The van der Waals surface area contributed by atoms with Gasteiger partial charge in [-0.15, -0.1) is 0 Å². The van der Waals surface area contributed by atoms with Crippen LogP contribution in [0.5, 0.6) is 0 Å². The van der Waals surface area contributed by atoms with Gasteiger partial charge in [0.05, 0.1) is 0 Å². The minimum atomic E-state index is -0.550. The highest BCUT2D eigenvalue weighted by molar-refractivity contribution is 5.82. The lowest BCUT2D eigenvalue weighted by molar-refractivity contribution is -0.130. The van der Waals surface area contributed by atoms with E-state index in [0.717, 1.165) is 5.56 Å². The quantitative estimate of drug-likeness (QED) is 0.656. The maximum atomic E-state index is 11.3. The molecule has 4 heteroatoms. The van der Waals surface area contributed by atoms with Crippen molar-refractivity contribution in [1.29, 1.82) is 0 Å². The van der Waals surface area contributed by atoms with Crippen LogP contribution in [0.4, 0.5) is 0 Å². The maximum Gasteiger partial charge on any atom is 0.243 e. The Balaban J connectivity index is 2.72. The summed E-state index contributed by atoms with van der Waals surface area (Å²) in [4.78, 5) is 15.7. The van der Waals surface area contributed by atoms with Crippen LogP contribution in [0.25, 0.3) is 0 Å². The van der Waals surface area contributed by atoms with E-state index in [1.54, 1.807) is 32.6 Å². The second kappa shape index (κ2) is 3.40. The van der Waals surface area contributed by atoms with Crippen LogP contribution in [-0.2, 0) is 4.79 Å². The number of likely N-dealkylation sites (N-methyl/N-ethyl adjacent to an activating group) is 1. The zero-order valence-electron chi connectivity index (χ0n) is 7.24. The molecule has 0 aliphatic heterocycles. The summed E-state index contributed by atoms with van der Waals surface area (Å²) in [6, 6.07) is 1.25. The average Bonchev–Trinajstić information content (AvgIpc) is 2.53. The number of carbonyl (C=O) groups is 1. The molecule has 0 aliphatic carbocycles. The van der Waals surface area contributed by atoms with Gasteiger partial charge in [0.25, 0.3) is 0 Å². The molecule has 1 rings (SSSR count). The first-order valence-electron chi connectivity index (χ1n) is 3.72. The van der Waals surface area contributed by atoms with Crippen LogP contribution in [0.15, 0.2) is 18.5 Å². The van der Waals surface area contributed by atoms with E-state index >= 15 is 0 Å². The van der Waals surface area contributed by atoms with E-state index < -0.39 is 6.04 Å². The summed E-state index contributed by atoms with van der Waals surface area (Å²) >= 11 is 0. The van der Waals surface area contributed by atoms with E-state index in [2.05, 4.69) is 4.98 Å². The van der Waals surface area contributed by atoms with Crippen LogP contribution in [0.3, 0.4) is 0 Å². The normalized spacial score (nSPS) is 12.6. The highest BCUT2D eigenvalue weighted by Gasteiger charge is 2.17. The minimum absolute atomic E-state index is 0.0883. The number of rotatable bonds is 2. The minimum Gasteiger partial charge on any atom is -0.367 e. The number of nitrogens with one attached hydrogen (secondary N) is 1. The van der Waals surface area contributed by atoms with Gasteiger partial charge in [-0.3, -0.25) is 4.79 Å². The smallest absolute Gasteiger partial charge is 0.243 e. The van der Waals surface area contributed by atoms with E-state index in [1.807, 2.05) is 0 Å². The molecule has 0 fully saturated rings. The maximum absolute atomic E-state index is 11.3. The van der Waals surface area contributed by atoms with E-state index in [1.165, 1.54) is 4.90 Å². The number of nitrogens with zero attached hydrogens (tertiary/aromatic N) is 1. The number of hydrogen-bond donors (Lipinski definition) is 2. The van der Waals surface area contributed by atoms with Crippen molar-refractivity contribution < 1.29 is 4.79 Å². The fraction of sp³-hybridized carbons (Fsp3) is 0.375. The molecule has 0 spiro atoms. The Morgan fingerprint density at radius 1 is 1.67 bits per heavy atom. The summed E-state index contributed by atoms with van der Waals surface area (Å²) in [7, 11) is 3.38. The molecule has 4 nitrogen and oxygen atoms in total. The molecule has 1 amide bonds. The molecule has 0 aliphatic rings. The summed E-state index contributed by atoms with van der Waals surface area (Å²) in [5.41, 5.74) is 6.49. The van der Waals surface area contributed by atoms with E-state index in [-0.39, 0.29) is 5.91 Å². The Bertz CT molecular complexity index is 253. The van der Waals surface area contributed by atoms with Crippen LogP contribution < -0.4 is 5.73 Å². The number of H-pyrrole nitrogens is 1. The number of nitrogens with two attached hydrogens (primary N) is 1. The Labute approximate surface area is 71.4 Å². The number of aromatic nitrogens is 1. The summed E-state index contributed by atoms with van der Waals surface area (Å²) < 4.78 is 0. The molecule has 1 aromatic heterocycles. The Kier molecular flexibility index (Phi) is 2.50. The first-order chi connectivity index (χ1) is 5.63. The van der Waals surface area contributed by atoms with E-state index in [4.69, 9.17) is 5.73 Å². The predicted molar refractivity (Wildman–Crippen MR) is 46.4 cm³/mol. The number of aromatic amines is 1. The molecular weight excluding hydrogens is 154 g/mol. The van der Waals surface area contributed by atoms with Gasteiger partial charge in [-0.2, -0.15) is 0 Å².